The van der Waals surface area contributed by atoms with Crippen LogP contribution in [0.25, 0.3) is 17.2 Å². The van der Waals surface area contributed by atoms with Crippen LogP contribution in [0.2, 0.25) is 0 Å². The van der Waals surface area contributed by atoms with Gasteiger partial charge in [0, 0.05) is 49.2 Å². The van der Waals surface area contributed by atoms with E-state index < -0.39 is 0 Å². The minimum absolute atomic E-state index is 0.0464. The zero-order chi connectivity index (χ0) is 31.6. The number of hydrogen-bond donors (Lipinski definition) is 1. The Labute approximate surface area is 269 Å². The second kappa shape index (κ2) is 16.1. The number of rotatable bonds is 13. The van der Waals surface area contributed by atoms with Gasteiger partial charge in [0.25, 0.3) is 5.91 Å². The second-order valence-electron chi connectivity index (χ2n) is 12.2. The minimum Gasteiger partial charge on any atom is -0.465 e. The lowest BCUT2D eigenvalue weighted by atomic mass is 10.00. The maximum Gasteiger partial charge on any atom is 0.251 e. The number of nitrogens with one attached hydrogen (secondary N) is 1. The SMILES string of the molecule is CCCOC(C)Oc1ccc(-c2ccc3c(c2)C=C(C(=O)Nc2ccc(CN(C)C4CCCOC4)cc2)CCN3CCC)cc1. The molecule has 0 radical (unpaired) electrons. The van der Waals surface area contributed by atoms with Gasteiger partial charge in [-0.05, 0) is 111 Å². The van der Waals surface area contributed by atoms with Crippen molar-refractivity contribution in [2.24, 2.45) is 0 Å². The summed E-state index contributed by atoms with van der Waals surface area (Å²) in [5.74, 6) is 0.735. The van der Waals surface area contributed by atoms with Crippen LogP contribution in [0.1, 0.15) is 64.0 Å². The summed E-state index contributed by atoms with van der Waals surface area (Å²) < 4.78 is 17.2. The van der Waals surface area contributed by atoms with Gasteiger partial charge < -0.3 is 24.4 Å². The van der Waals surface area contributed by atoms with Crippen LogP contribution < -0.4 is 15.0 Å². The molecule has 1 fully saturated rings. The van der Waals surface area contributed by atoms with Crippen molar-refractivity contribution in [1.82, 2.24) is 4.90 Å². The van der Waals surface area contributed by atoms with Crippen LogP contribution in [0.4, 0.5) is 11.4 Å². The first-order valence-corrected chi connectivity index (χ1v) is 16.6. The van der Waals surface area contributed by atoms with Crippen molar-refractivity contribution >= 4 is 23.4 Å². The molecule has 2 aliphatic heterocycles. The van der Waals surface area contributed by atoms with Gasteiger partial charge in [-0.1, -0.05) is 44.2 Å². The lowest BCUT2D eigenvalue weighted by molar-refractivity contribution is -0.112. The van der Waals surface area contributed by atoms with Gasteiger partial charge in [-0.2, -0.15) is 0 Å². The lowest BCUT2D eigenvalue weighted by Crippen LogP contribution is -2.37. The average Bonchev–Trinajstić information content (AvgIpc) is 3.25. The maximum absolute atomic E-state index is 13.6. The molecule has 3 aromatic carbocycles. The van der Waals surface area contributed by atoms with Crippen molar-refractivity contribution in [1.29, 1.82) is 0 Å². The van der Waals surface area contributed by atoms with Gasteiger partial charge in [-0.15, -0.1) is 0 Å². The van der Waals surface area contributed by atoms with Gasteiger partial charge in [0.1, 0.15) is 5.75 Å². The number of carbonyl (C=O) groups excluding carboxylic acids is 1. The predicted octanol–water partition coefficient (Wildman–Crippen LogP) is 7.76. The fourth-order valence-corrected chi connectivity index (χ4v) is 6.08. The normalized spacial score (nSPS) is 17.3. The van der Waals surface area contributed by atoms with E-state index >= 15 is 0 Å². The Morgan fingerprint density at radius 2 is 1.82 bits per heavy atom. The summed E-state index contributed by atoms with van der Waals surface area (Å²) in [5.41, 5.74) is 7.26. The van der Waals surface area contributed by atoms with E-state index in [1.54, 1.807) is 0 Å². The molecule has 5 rings (SSSR count). The highest BCUT2D eigenvalue weighted by atomic mass is 16.7. The molecule has 0 bridgehead atoms. The fraction of sp³-hybridized carbons (Fsp3) is 0.447. The Kier molecular flexibility index (Phi) is 11.7. The molecule has 45 heavy (non-hydrogen) atoms. The van der Waals surface area contributed by atoms with Crippen LogP contribution in [-0.4, -0.2) is 63.1 Å². The summed E-state index contributed by atoms with van der Waals surface area (Å²) in [4.78, 5) is 18.3. The molecule has 0 saturated carbocycles. The highest BCUT2D eigenvalue weighted by Crippen LogP contribution is 2.33. The highest BCUT2D eigenvalue weighted by Gasteiger charge is 2.21. The van der Waals surface area contributed by atoms with E-state index in [0.717, 1.165) is 85.8 Å². The van der Waals surface area contributed by atoms with Crippen molar-refractivity contribution < 1.29 is 19.0 Å². The molecule has 240 valence electrons. The fourth-order valence-electron chi connectivity index (χ4n) is 6.08. The number of carbonyl (C=O) groups is 1. The average molecular weight is 612 g/mol. The summed E-state index contributed by atoms with van der Waals surface area (Å²) in [6, 6.07) is 23.4. The molecule has 2 aliphatic rings. The Balaban J connectivity index is 1.28. The molecule has 3 aromatic rings. The molecule has 1 saturated heterocycles. The number of anilines is 2. The Morgan fingerprint density at radius 1 is 1.04 bits per heavy atom. The third-order valence-corrected chi connectivity index (χ3v) is 8.58. The van der Waals surface area contributed by atoms with E-state index in [-0.39, 0.29) is 12.2 Å². The maximum atomic E-state index is 13.6. The van der Waals surface area contributed by atoms with Gasteiger partial charge in [-0.25, -0.2) is 0 Å². The first-order valence-electron chi connectivity index (χ1n) is 16.6. The summed E-state index contributed by atoms with van der Waals surface area (Å²) in [5, 5.41) is 3.16. The molecule has 1 N–H and O–H groups in total. The molecule has 2 atom stereocenters. The van der Waals surface area contributed by atoms with Crippen molar-refractivity contribution in [3.63, 3.8) is 0 Å². The quantitative estimate of drug-likeness (QED) is 0.199. The van der Waals surface area contributed by atoms with Crippen molar-refractivity contribution in [2.75, 3.05) is 50.2 Å². The topological polar surface area (TPSA) is 63.3 Å². The first kappa shape index (κ1) is 32.7. The van der Waals surface area contributed by atoms with Crippen LogP contribution in [-0.2, 0) is 20.8 Å². The molecular weight excluding hydrogens is 562 g/mol. The summed E-state index contributed by atoms with van der Waals surface area (Å²) in [7, 11) is 2.16. The van der Waals surface area contributed by atoms with E-state index in [0.29, 0.717) is 19.1 Å². The summed E-state index contributed by atoms with van der Waals surface area (Å²) in [6.07, 6.45) is 6.77. The number of benzene rings is 3. The summed E-state index contributed by atoms with van der Waals surface area (Å²) in [6.45, 7) is 11.2. The van der Waals surface area contributed by atoms with Crippen LogP contribution in [0.15, 0.2) is 72.3 Å². The van der Waals surface area contributed by atoms with Gasteiger partial charge in [0.15, 0.2) is 6.29 Å². The third-order valence-electron chi connectivity index (χ3n) is 8.58. The second-order valence-corrected chi connectivity index (χ2v) is 12.2. The van der Waals surface area contributed by atoms with Gasteiger partial charge in [0.2, 0.25) is 0 Å². The number of nitrogens with zero attached hydrogens (tertiary/aromatic N) is 2. The number of likely N-dealkylation sites (N-methyl/N-ethyl adjacent to an activating group) is 1. The highest BCUT2D eigenvalue weighted by molar-refractivity contribution is 6.07. The Hall–Kier alpha value is -3.65. The van der Waals surface area contributed by atoms with E-state index in [2.05, 4.69) is 84.6 Å². The summed E-state index contributed by atoms with van der Waals surface area (Å²) >= 11 is 0. The molecule has 2 heterocycles. The first-order chi connectivity index (χ1) is 21.9. The minimum atomic E-state index is -0.288. The molecule has 0 aliphatic carbocycles. The van der Waals surface area contributed by atoms with Crippen molar-refractivity contribution in [2.45, 2.75) is 71.8 Å². The Bertz CT molecular complexity index is 1410. The van der Waals surface area contributed by atoms with Gasteiger partial charge >= 0.3 is 0 Å². The van der Waals surface area contributed by atoms with Gasteiger partial charge in [0.05, 0.1) is 13.2 Å². The van der Waals surface area contributed by atoms with E-state index in [1.807, 2.05) is 31.2 Å². The monoisotopic (exact) mass is 611 g/mol. The van der Waals surface area contributed by atoms with E-state index in [4.69, 9.17) is 14.2 Å². The predicted molar refractivity (Wildman–Crippen MR) is 184 cm³/mol. The van der Waals surface area contributed by atoms with Crippen LogP contribution in [0, 0.1) is 0 Å². The standard InChI is InChI=1S/C38H49N3O4/c1-5-20-41-21-19-32(38(42)39-34-14-9-29(10-15-34)26-40(4)35-8-7-23-43-27-35)25-33-24-31(13-18-37(33)41)30-11-16-36(17-12-30)45-28(3)44-22-6-2/h9-18,24-25,28,35H,5-8,19-23,26-27H2,1-4H3,(H,39,42). The molecule has 0 spiro atoms. The Morgan fingerprint density at radius 3 is 2.53 bits per heavy atom. The third kappa shape index (κ3) is 8.97. The number of amides is 1. The number of ether oxygens (including phenoxy) is 3. The molecule has 0 aromatic heterocycles. The lowest BCUT2D eigenvalue weighted by Gasteiger charge is -2.31. The van der Waals surface area contributed by atoms with Crippen molar-refractivity contribution in [3.05, 3.63) is 83.4 Å². The smallest absolute Gasteiger partial charge is 0.251 e. The zero-order valence-corrected chi connectivity index (χ0v) is 27.4. The molecule has 7 nitrogen and oxygen atoms in total. The molecular formula is C38H49N3O4. The van der Waals surface area contributed by atoms with E-state index in [9.17, 15) is 4.79 Å². The van der Waals surface area contributed by atoms with Gasteiger partial charge in [-0.3, -0.25) is 9.69 Å². The van der Waals surface area contributed by atoms with Crippen molar-refractivity contribution in [3.8, 4) is 16.9 Å². The molecule has 7 heteroatoms. The largest absolute Gasteiger partial charge is 0.465 e. The number of fused-ring (bicyclic) bond motifs is 1. The van der Waals surface area contributed by atoms with E-state index in [1.165, 1.54) is 17.7 Å². The van der Waals surface area contributed by atoms with Crippen LogP contribution in [0.3, 0.4) is 0 Å². The van der Waals surface area contributed by atoms with Crippen LogP contribution >= 0.6 is 0 Å². The number of hydrogen-bond acceptors (Lipinski definition) is 6. The molecule has 1 amide bonds. The van der Waals surface area contributed by atoms with Crippen LogP contribution in [0.5, 0.6) is 5.75 Å². The zero-order valence-electron chi connectivity index (χ0n) is 27.4. The molecule has 2 unspecified atom stereocenters.